The number of aliphatic hydroxyl groups is 1. The number of aliphatic hydroxyl groups excluding tert-OH is 1. The number of hydrogen-bond donors (Lipinski definition) is 1. The van der Waals surface area contributed by atoms with E-state index in [1.165, 1.54) is 32.1 Å². The standard InChI is InChI=1S/C16H28O/c1-2-3-4-5-6-7-8-9-10-11-12-13-14-15-16-17/h5-10,17H,2-4,11-16H2,1H3/b6-5+,8-7+,10-9-. The number of rotatable bonds is 11. The van der Waals surface area contributed by atoms with Gasteiger partial charge >= 0.3 is 0 Å². The highest BCUT2D eigenvalue weighted by atomic mass is 16.2. The largest absolute Gasteiger partial charge is 0.396 e. The van der Waals surface area contributed by atoms with Gasteiger partial charge in [-0.05, 0) is 25.7 Å². The van der Waals surface area contributed by atoms with Crippen LogP contribution in [0.2, 0.25) is 0 Å². The molecule has 0 amide bonds. The normalized spacial score (nSPS) is 12.4. The van der Waals surface area contributed by atoms with Crippen LogP contribution in [0.3, 0.4) is 0 Å². The lowest BCUT2D eigenvalue weighted by molar-refractivity contribution is 0.282. The fourth-order valence-electron chi connectivity index (χ4n) is 1.53. The van der Waals surface area contributed by atoms with E-state index in [9.17, 15) is 0 Å². The second kappa shape index (κ2) is 15.2. The third kappa shape index (κ3) is 15.2. The van der Waals surface area contributed by atoms with Gasteiger partial charge in [-0.1, -0.05) is 69.1 Å². The van der Waals surface area contributed by atoms with Gasteiger partial charge in [0.25, 0.3) is 0 Å². The van der Waals surface area contributed by atoms with Gasteiger partial charge in [0.1, 0.15) is 0 Å². The molecule has 0 aliphatic heterocycles. The van der Waals surface area contributed by atoms with Gasteiger partial charge in [-0.2, -0.15) is 0 Å². The van der Waals surface area contributed by atoms with Crippen LogP contribution in [0.25, 0.3) is 0 Å². The molecule has 0 aliphatic carbocycles. The SMILES string of the molecule is CCCC/C=C/C=C/C=C\CCCCCCO. The Kier molecular flexibility index (Phi) is 14.4. The summed E-state index contributed by atoms with van der Waals surface area (Å²) >= 11 is 0. The maximum atomic E-state index is 8.61. The Morgan fingerprint density at radius 1 is 0.706 bits per heavy atom. The molecule has 1 nitrogen and oxygen atoms in total. The van der Waals surface area contributed by atoms with Gasteiger partial charge < -0.3 is 5.11 Å². The minimum Gasteiger partial charge on any atom is -0.396 e. The van der Waals surface area contributed by atoms with Crippen molar-refractivity contribution in [2.45, 2.75) is 58.3 Å². The van der Waals surface area contributed by atoms with E-state index in [1.54, 1.807) is 0 Å². The Labute approximate surface area is 107 Å². The van der Waals surface area contributed by atoms with Crippen LogP contribution in [0.5, 0.6) is 0 Å². The molecule has 17 heavy (non-hydrogen) atoms. The summed E-state index contributed by atoms with van der Waals surface area (Å²) in [5.41, 5.74) is 0. The van der Waals surface area contributed by atoms with Gasteiger partial charge in [-0.15, -0.1) is 0 Å². The van der Waals surface area contributed by atoms with E-state index in [4.69, 9.17) is 5.11 Å². The van der Waals surface area contributed by atoms with Crippen molar-refractivity contribution in [3.63, 3.8) is 0 Å². The molecule has 0 bridgehead atoms. The van der Waals surface area contributed by atoms with Gasteiger partial charge in [-0.25, -0.2) is 0 Å². The molecular weight excluding hydrogens is 208 g/mol. The lowest BCUT2D eigenvalue weighted by Gasteiger charge is -1.94. The summed E-state index contributed by atoms with van der Waals surface area (Å²) in [5.74, 6) is 0. The van der Waals surface area contributed by atoms with Crippen LogP contribution in [-0.2, 0) is 0 Å². The zero-order valence-electron chi connectivity index (χ0n) is 11.3. The molecule has 1 heteroatoms. The van der Waals surface area contributed by atoms with Crippen molar-refractivity contribution in [2.24, 2.45) is 0 Å². The molecule has 0 radical (unpaired) electrons. The predicted molar refractivity (Wildman–Crippen MR) is 77.1 cm³/mol. The maximum Gasteiger partial charge on any atom is 0.0431 e. The molecular formula is C16H28O. The summed E-state index contributed by atoms with van der Waals surface area (Å²) in [6, 6.07) is 0. The molecule has 0 rings (SSSR count). The van der Waals surface area contributed by atoms with Crippen molar-refractivity contribution in [3.8, 4) is 0 Å². The highest BCUT2D eigenvalue weighted by Gasteiger charge is 1.85. The summed E-state index contributed by atoms with van der Waals surface area (Å²) in [6.45, 7) is 2.55. The van der Waals surface area contributed by atoms with Crippen molar-refractivity contribution in [1.82, 2.24) is 0 Å². The van der Waals surface area contributed by atoms with E-state index in [-0.39, 0.29) is 0 Å². The Balaban J connectivity index is 3.28. The lowest BCUT2D eigenvalue weighted by atomic mass is 10.1. The van der Waals surface area contributed by atoms with Gasteiger partial charge in [-0.3, -0.25) is 0 Å². The first-order valence-electron chi connectivity index (χ1n) is 7.01. The first-order valence-corrected chi connectivity index (χ1v) is 7.01. The number of allylic oxidation sites excluding steroid dienone is 6. The molecule has 98 valence electrons. The van der Waals surface area contributed by atoms with Crippen molar-refractivity contribution in [3.05, 3.63) is 36.5 Å². The summed E-state index contributed by atoms with van der Waals surface area (Å²) in [4.78, 5) is 0. The Bertz CT molecular complexity index is 214. The Morgan fingerprint density at radius 3 is 1.88 bits per heavy atom. The molecule has 0 unspecified atom stereocenters. The zero-order chi connectivity index (χ0) is 12.6. The first kappa shape index (κ1) is 16.2. The van der Waals surface area contributed by atoms with E-state index in [1.807, 2.05) is 0 Å². The monoisotopic (exact) mass is 236 g/mol. The molecule has 0 spiro atoms. The van der Waals surface area contributed by atoms with Crippen molar-refractivity contribution < 1.29 is 5.11 Å². The second-order valence-corrected chi connectivity index (χ2v) is 4.31. The van der Waals surface area contributed by atoms with Crippen molar-refractivity contribution in [1.29, 1.82) is 0 Å². The summed E-state index contributed by atoms with van der Waals surface area (Å²) in [7, 11) is 0. The van der Waals surface area contributed by atoms with Gasteiger partial charge in [0, 0.05) is 6.61 Å². The van der Waals surface area contributed by atoms with Crippen LogP contribution in [0, 0.1) is 0 Å². The van der Waals surface area contributed by atoms with Gasteiger partial charge in [0.05, 0.1) is 0 Å². The summed E-state index contributed by atoms with van der Waals surface area (Å²) < 4.78 is 0. The smallest absolute Gasteiger partial charge is 0.0431 e. The highest BCUT2D eigenvalue weighted by molar-refractivity contribution is 5.10. The van der Waals surface area contributed by atoms with E-state index < -0.39 is 0 Å². The van der Waals surface area contributed by atoms with Gasteiger partial charge in [0.2, 0.25) is 0 Å². The number of unbranched alkanes of at least 4 members (excludes halogenated alkanes) is 6. The van der Waals surface area contributed by atoms with E-state index in [2.05, 4.69) is 43.4 Å². The molecule has 0 aliphatic rings. The fourth-order valence-corrected chi connectivity index (χ4v) is 1.53. The summed E-state index contributed by atoms with van der Waals surface area (Å²) in [5, 5.41) is 8.61. The summed E-state index contributed by atoms with van der Waals surface area (Å²) in [6.07, 6.45) is 22.3. The van der Waals surface area contributed by atoms with Crippen LogP contribution in [0.4, 0.5) is 0 Å². The van der Waals surface area contributed by atoms with Crippen LogP contribution in [0.15, 0.2) is 36.5 Å². The average molecular weight is 236 g/mol. The van der Waals surface area contributed by atoms with Crippen LogP contribution < -0.4 is 0 Å². The van der Waals surface area contributed by atoms with Crippen LogP contribution in [0.1, 0.15) is 58.3 Å². The molecule has 1 N–H and O–H groups in total. The molecule has 0 aromatic heterocycles. The average Bonchev–Trinajstić information content (AvgIpc) is 2.35. The Hall–Kier alpha value is -0.820. The predicted octanol–water partition coefficient (Wildman–Crippen LogP) is 4.79. The molecule has 0 saturated carbocycles. The van der Waals surface area contributed by atoms with E-state index >= 15 is 0 Å². The first-order chi connectivity index (χ1) is 8.41. The van der Waals surface area contributed by atoms with Crippen LogP contribution >= 0.6 is 0 Å². The molecule has 0 saturated heterocycles. The third-order valence-corrected chi connectivity index (χ3v) is 2.61. The van der Waals surface area contributed by atoms with E-state index in [0.717, 1.165) is 19.3 Å². The fraction of sp³-hybridized carbons (Fsp3) is 0.625. The maximum absolute atomic E-state index is 8.61. The minimum absolute atomic E-state index is 0.336. The third-order valence-electron chi connectivity index (χ3n) is 2.61. The van der Waals surface area contributed by atoms with Crippen molar-refractivity contribution in [2.75, 3.05) is 6.61 Å². The lowest BCUT2D eigenvalue weighted by Crippen LogP contribution is -1.82. The zero-order valence-corrected chi connectivity index (χ0v) is 11.3. The van der Waals surface area contributed by atoms with E-state index in [0.29, 0.717) is 6.61 Å². The Morgan fingerprint density at radius 2 is 1.29 bits per heavy atom. The molecule has 0 aromatic carbocycles. The number of hydrogen-bond acceptors (Lipinski definition) is 1. The molecule has 0 aromatic rings. The second-order valence-electron chi connectivity index (χ2n) is 4.31. The van der Waals surface area contributed by atoms with Crippen LogP contribution in [-0.4, -0.2) is 11.7 Å². The minimum atomic E-state index is 0.336. The molecule has 0 atom stereocenters. The quantitative estimate of drug-likeness (QED) is 0.404. The van der Waals surface area contributed by atoms with Gasteiger partial charge in [0.15, 0.2) is 0 Å². The molecule has 0 heterocycles. The molecule has 0 fully saturated rings. The highest BCUT2D eigenvalue weighted by Crippen LogP contribution is 2.03. The topological polar surface area (TPSA) is 20.2 Å². The van der Waals surface area contributed by atoms with Crippen molar-refractivity contribution >= 4 is 0 Å².